The number of amides is 1. The lowest BCUT2D eigenvalue weighted by Gasteiger charge is -2.32. The van der Waals surface area contributed by atoms with Crippen LogP contribution in [0.4, 0.5) is 0 Å². The van der Waals surface area contributed by atoms with Gasteiger partial charge in [-0.2, -0.15) is 4.98 Å². The van der Waals surface area contributed by atoms with Crippen LogP contribution in [0.15, 0.2) is 28.8 Å². The van der Waals surface area contributed by atoms with Gasteiger partial charge in [0.2, 0.25) is 5.89 Å². The van der Waals surface area contributed by atoms with Crippen molar-refractivity contribution in [3.8, 4) is 5.75 Å². The van der Waals surface area contributed by atoms with Crippen LogP contribution in [0.5, 0.6) is 5.75 Å². The number of nitrogens with zero attached hydrogens (tertiary/aromatic N) is 3. The van der Waals surface area contributed by atoms with Gasteiger partial charge in [-0.3, -0.25) is 4.79 Å². The predicted octanol–water partition coefficient (Wildman–Crippen LogP) is 3.93. The first-order valence-electron chi connectivity index (χ1n) is 10.4. The van der Waals surface area contributed by atoms with Crippen LogP contribution in [0.3, 0.4) is 0 Å². The van der Waals surface area contributed by atoms with E-state index in [1.807, 2.05) is 17.0 Å². The molecule has 6 heteroatoms. The molecule has 1 saturated heterocycles. The fourth-order valence-corrected chi connectivity index (χ4v) is 3.75. The van der Waals surface area contributed by atoms with E-state index in [2.05, 4.69) is 36.1 Å². The number of rotatable bonds is 7. The Morgan fingerprint density at radius 2 is 2.04 bits per heavy atom. The average Bonchev–Trinajstić information content (AvgIpc) is 3.46. The Morgan fingerprint density at radius 1 is 1.25 bits per heavy atom. The summed E-state index contributed by atoms with van der Waals surface area (Å²) < 4.78 is 11.1. The largest absolute Gasteiger partial charge is 0.484 e. The van der Waals surface area contributed by atoms with Crippen LogP contribution >= 0.6 is 0 Å². The van der Waals surface area contributed by atoms with Gasteiger partial charge in [-0.1, -0.05) is 31.1 Å². The van der Waals surface area contributed by atoms with E-state index in [0.29, 0.717) is 23.6 Å². The van der Waals surface area contributed by atoms with E-state index in [-0.39, 0.29) is 12.5 Å². The zero-order valence-corrected chi connectivity index (χ0v) is 16.8. The molecule has 0 radical (unpaired) electrons. The summed E-state index contributed by atoms with van der Waals surface area (Å²) in [4.78, 5) is 19.0. The highest BCUT2D eigenvalue weighted by atomic mass is 16.5. The molecule has 0 N–H and O–H groups in total. The molecule has 1 aliphatic heterocycles. The quantitative estimate of drug-likeness (QED) is 0.725. The van der Waals surface area contributed by atoms with Crippen LogP contribution < -0.4 is 4.74 Å². The van der Waals surface area contributed by atoms with Crippen LogP contribution in [0.2, 0.25) is 0 Å². The smallest absolute Gasteiger partial charge is 0.260 e. The normalized spacial score (nSPS) is 19.8. The molecule has 1 aromatic carbocycles. The monoisotopic (exact) mass is 383 g/mol. The molecular weight excluding hydrogens is 354 g/mol. The Kier molecular flexibility index (Phi) is 5.64. The van der Waals surface area contributed by atoms with E-state index in [9.17, 15) is 4.79 Å². The molecule has 2 heterocycles. The second kappa shape index (κ2) is 8.33. The third-order valence-electron chi connectivity index (χ3n) is 5.67. The van der Waals surface area contributed by atoms with Gasteiger partial charge in [-0.15, -0.1) is 0 Å². The zero-order valence-electron chi connectivity index (χ0n) is 16.8. The van der Waals surface area contributed by atoms with Gasteiger partial charge < -0.3 is 14.2 Å². The highest BCUT2D eigenvalue weighted by Gasteiger charge is 2.30. The average molecular weight is 383 g/mol. The summed E-state index contributed by atoms with van der Waals surface area (Å²) in [5.41, 5.74) is 1.27. The summed E-state index contributed by atoms with van der Waals surface area (Å²) in [6.07, 6.45) is 5.18. The maximum atomic E-state index is 12.6. The third-order valence-corrected chi connectivity index (χ3v) is 5.67. The predicted molar refractivity (Wildman–Crippen MR) is 105 cm³/mol. The molecule has 0 bridgehead atoms. The molecule has 1 atom stereocenters. The van der Waals surface area contributed by atoms with E-state index in [4.69, 9.17) is 9.26 Å². The minimum Gasteiger partial charge on any atom is -0.484 e. The van der Waals surface area contributed by atoms with Crippen molar-refractivity contribution in [1.29, 1.82) is 0 Å². The number of benzene rings is 1. The summed E-state index contributed by atoms with van der Waals surface area (Å²) in [5.74, 6) is 3.72. The lowest BCUT2D eigenvalue weighted by atomic mass is 9.95. The van der Waals surface area contributed by atoms with Crippen molar-refractivity contribution >= 4 is 5.91 Å². The zero-order chi connectivity index (χ0) is 19.5. The van der Waals surface area contributed by atoms with Gasteiger partial charge in [0.25, 0.3) is 5.91 Å². The summed E-state index contributed by atoms with van der Waals surface area (Å²) >= 11 is 0. The van der Waals surface area contributed by atoms with Gasteiger partial charge in [-0.25, -0.2) is 0 Å². The minimum absolute atomic E-state index is 0.0434. The molecular formula is C22H29N3O3. The molecule has 1 amide bonds. The number of aromatic nitrogens is 2. The molecule has 6 nitrogen and oxygen atoms in total. The Balaban J connectivity index is 1.26. The molecule has 2 aromatic rings. The van der Waals surface area contributed by atoms with Crippen molar-refractivity contribution < 1.29 is 14.1 Å². The molecule has 28 heavy (non-hydrogen) atoms. The number of ether oxygens (including phenoxy) is 1. The summed E-state index contributed by atoms with van der Waals surface area (Å²) in [5, 5.41) is 4.09. The van der Waals surface area contributed by atoms with Crippen molar-refractivity contribution in [2.75, 3.05) is 19.7 Å². The summed E-state index contributed by atoms with van der Waals surface area (Å²) in [7, 11) is 0. The molecule has 2 aliphatic rings. The SMILES string of the molecule is CC(C)c1ccc(OCC(=O)N2CCCC(Cc3nc(C4CC4)no3)C2)cc1. The fourth-order valence-electron chi connectivity index (χ4n) is 3.75. The third kappa shape index (κ3) is 4.72. The first-order valence-corrected chi connectivity index (χ1v) is 10.4. The van der Waals surface area contributed by atoms with Crippen molar-refractivity contribution in [3.05, 3.63) is 41.5 Å². The maximum absolute atomic E-state index is 12.6. The highest BCUT2D eigenvalue weighted by molar-refractivity contribution is 5.77. The fraction of sp³-hybridized carbons (Fsp3) is 0.591. The first kappa shape index (κ1) is 19.0. The molecule has 1 saturated carbocycles. The van der Waals surface area contributed by atoms with E-state index in [1.54, 1.807) is 0 Å². The molecule has 1 unspecified atom stereocenters. The lowest BCUT2D eigenvalue weighted by Crippen LogP contribution is -2.42. The van der Waals surface area contributed by atoms with Crippen LogP contribution in [-0.2, 0) is 11.2 Å². The van der Waals surface area contributed by atoms with Crippen LogP contribution in [0.25, 0.3) is 0 Å². The number of likely N-dealkylation sites (tertiary alicyclic amines) is 1. The molecule has 0 spiro atoms. The van der Waals surface area contributed by atoms with Gasteiger partial charge >= 0.3 is 0 Å². The van der Waals surface area contributed by atoms with E-state index in [1.165, 1.54) is 18.4 Å². The first-order chi connectivity index (χ1) is 13.6. The van der Waals surface area contributed by atoms with Crippen LogP contribution in [-0.4, -0.2) is 40.6 Å². The van der Waals surface area contributed by atoms with Gasteiger partial charge in [0.15, 0.2) is 12.4 Å². The van der Waals surface area contributed by atoms with Gasteiger partial charge in [0.1, 0.15) is 5.75 Å². The van der Waals surface area contributed by atoms with Crippen LogP contribution in [0, 0.1) is 5.92 Å². The van der Waals surface area contributed by atoms with Gasteiger partial charge in [0.05, 0.1) is 0 Å². The second-order valence-corrected chi connectivity index (χ2v) is 8.39. The minimum atomic E-state index is 0.0434. The summed E-state index contributed by atoms with van der Waals surface area (Å²) in [6.45, 7) is 5.93. The maximum Gasteiger partial charge on any atom is 0.260 e. The van der Waals surface area contributed by atoms with E-state index < -0.39 is 0 Å². The number of carbonyl (C=O) groups excluding carboxylic acids is 1. The van der Waals surface area contributed by atoms with Crippen molar-refractivity contribution in [2.24, 2.45) is 5.92 Å². The van der Waals surface area contributed by atoms with E-state index >= 15 is 0 Å². The number of hydrogen-bond donors (Lipinski definition) is 0. The number of piperidine rings is 1. The Bertz CT molecular complexity index is 796. The lowest BCUT2D eigenvalue weighted by molar-refractivity contribution is -0.135. The molecule has 1 aliphatic carbocycles. The molecule has 4 rings (SSSR count). The molecule has 1 aromatic heterocycles. The molecule has 2 fully saturated rings. The Labute approximate surface area is 166 Å². The van der Waals surface area contributed by atoms with Crippen molar-refractivity contribution in [2.45, 2.75) is 57.8 Å². The Morgan fingerprint density at radius 3 is 2.75 bits per heavy atom. The number of carbonyl (C=O) groups is 1. The van der Waals surface area contributed by atoms with E-state index in [0.717, 1.165) is 43.9 Å². The van der Waals surface area contributed by atoms with Crippen molar-refractivity contribution in [3.63, 3.8) is 0 Å². The molecule has 150 valence electrons. The van der Waals surface area contributed by atoms with Gasteiger partial charge in [-0.05, 0) is 55.2 Å². The standard InChI is InChI=1S/C22H29N3O3/c1-15(2)17-7-9-19(10-8-17)27-14-21(26)25-11-3-4-16(13-25)12-20-23-22(24-28-20)18-5-6-18/h7-10,15-16,18H,3-6,11-14H2,1-2H3. The van der Waals surface area contributed by atoms with Crippen molar-refractivity contribution in [1.82, 2.24) is 15.0 Å². The highest BCUT2D eigenvalue weighted by Crippen LogP contribution is 2.38. The van der Waals surface area contributed by atoms with Crippen LogP contribution in [0.1, 0.15) is 68.6 Å². The van der Waals surface area contributed by atoms with Gasteiger partial charge in [0, 0.05) is 25.4 Å². The number of hydrogen-bond acceptors (Lipinski definition) is 5. The second-order valence-electron chi connectivity index (χ2n) is 8.39. The summed E-state index contributed by atoms with van der Waals surface area (Å²) in [6, 6.07) is 7.99. The topological polar surface area (TPSA) is 68.5 Å². The Hall–Kier alpha value is -2.37.